The second-order valence-corrected chi connectivity index (χ2v) is 10.4. The van der Waals surface area contributed by atoms with Crippen molar-refractivity contribution in [2.45, 2.75) is 31.8 Å². The molecule has 0 spiro atoms. The Hall–Kier alpha value is -2.68. The molecule has 36 heavy (non-hydrogen) atoms. The molecule has 0 amide bonds. The quantitative estimate of drug-likeness (QED) is 0.456. The molecule has 2 saturated heterocycles. The Bertz CT molecular complexity index is 1200. The number of hydrogen-bond donors (Lipinski definition) is 1. The Morgan fingerprint density at radius 2 is 1.72 bits per heavy atom. The van der Waals surface area contributed by atoms with Gasteiger partial charge in [0, 0.05) is 30.9 Å². The number of aromatic nitrogens is 2. The van der Waals surface area contributed by atoms with Crippen LogP contribution in [0.4, 0.5) is 15.9 Å². The van der Waals surface area contributed by atoms with Crippen molar-refractivity contribution in [2.75, 3.05) is 52.2 Å². The fraction of sp³-hybridized carbons (Fsp3) is 0.481. The fourth-order valence-electron chi connectivity index (χ4n) is 4.84. The molecule has 5 rings (SSSR count). The molecule has 3 heterocycles. The number of anilines is 2. The van der Waals surface area contributed by atoms with Gasteiger partial charge < -0.3 is 24.6 Å². The minimum absolute atomic E-state index is 0.0470. The normalized spacial score (nSPS) is 18.4. The van der Waals surface area contributed by atoms with Crippen LogP contribution in [-0.2, 0) is 0 Å². The predicted octanol–water partition coefficient (Wildman–Crippen LogP) is 5.36. The first-order valence-electron chi connectivity index (χ1n) is 12.6. The summed E-state index contributed by atoms with van der Waals surface area (Å²) in [6.45, 7) is 4.87. The van der Waals surface area contributed by atoms with Crippen molar-refractivity contribution in [3.8, 4) is 11.5 Å². The van der Waals surface area contributed by atoms with E-state index in [4.69, 9.17) is 21.1 Å². The highest BCUT2D eigenvalue weighted by Crippen LogP contribution is 2.37. The summed E-state index contributed by atoms with van der Waals surface area (Å²) in [6.07, 6.45) is 5.78. The van der Waals surface area contributed by atoms with Crippen LogP contribution in [0.5, 0.6) is 11.5 Å². The molecule has 0 radical (unpaired) electrons. The first-order chi connectivity index (χ1) is 17.4. The van der Waals surface area contributed by atoms with E-state index in [9.17, 15) is 4.39 Å². The Balaban J connectivity index is 1.44. The van der Waals surface area contributed by atoms with E-state index >= 15 is 0 Å². The van der Waals surface area contributed by atoms with Gasteiger partial charge in [0.1, 0.15) is 35.6 Å². The third-order valence-corrected chi connectivity index (χ3v) is 7.43. The van der Waals surface area contributed by atoms with Crippen molar-refractivity contribution >= 4 is 34.0 Å². The molecule has 192 valence electrons. The summed E-state index contributed by atoms with van der Waals surface area (Å²) in [6, 6.07) is 8.41. The highest BCUT2D eigenvalue weighted by Gasteiger charge is 2.22. The summed E-state index contributed by atoms with van der Waals surface area (Å²) in [5.41, 5.74) is 1.36. The minimum atomic E-state index is -0.465. The average Bonchev–Trinajstić information content (AvgIpc) is 2.87. The molecular formula is C27H33ClFN5O2. The summed E-state index contributed by atoms with van der Waals surface area (Å²) < 4.78 is 26.5. The third kappa shape index (κ3) is 5.99. The lowest BCUT2D eigenvalue weighted by Gasteiger charge is -2.30. The zero-order valence-corrected chi connectivity index (χ0v) is 21.6. The number of likely N-dealkylation sites (tertiary alicyclic amines) is 2. The molecule has 0 saturated carbocycles. The summed E-state index contributed by atoms with van der Waals surface area (Å²) in [7, 11) is 4.30. The molecule has 1 N–H and O–H groups in total. The third-order valence-electron chi connectivity index (χ3n) is 7.14. The summed E-state index contributed by atoms with van der Waals surface area (Å²) in [4.78, 5) is 13.7. The lowest BCUT2D eigenvalue weighted by atomic mass is 9.98. The Kier molecular flexibility index (Phi) is 7.74. The summed E-state index contributed by atoms with van der Waals surface area (Å²) in [5, 5.41) is 4.09. The van der Waals surface area contributed by atoms with Crippen molar-refractivity contribution in [3.63, 3.8) is 0 Å². The maximum atomic E-state index is 13.7. The van der Waals surface area contributed by atoms with Gasteiger partial charge >= 0.3 is 0 Å². The highest BCUT2D eigenvalue weighted by molar-refractivity contribution is 6.31. The average molecular weight is 514 g/mol. The van der Waals surface area contributed by atoms with Gasteiger partial charge in [-0.1, -0.05) is 11.6 Å². The number of piperidine rings is 2. The van der Waals surface area contributed by atoms with Gasteiger partial charge in [-0.3, -0.25) is 0 Å². The lowest BCUT2D eigenvalue weighted by molar-refractivity contribution is 0.115. The van der Waals surface area contributed by atoms with E-state index in [1.165, 1.54) is 12.4 Å². The highest BCUT2D eigenvalue weighted by atomic mass is 35.5. The van der Waals surface area contributed by atoms with E-state index in [-0.39, 0.29) is 11.1 Å². The number of nitrogens with zero attached hydrogens (tertiary/aromatic N) is 4. The molecule has 7 nitrogen and oxygen atoms in total. The van der Waals surface area contributed by atoms with Gasteiger partial charge in [0.2, 0.25) is 0 Å². The molecule has 0 atom stereocenters. The standard InChI is InChI=1S/C27H33ClFN5O2/c1-33-9-5-18(6-10-33)16-35-21-14-24-26(25(15-21)36-20-7-11-34(2)12-8-20)27(31-17-30-24)32-19-3-4-23(29)22(28)13-19/h3-4,13-15,17-18,20H,5-12,16H2,1-2H3,(H,30,31,32). The van der Waals surface area contributed by atoms with Gasteiger partial charge in [-0.2, -0.15) is 0 Å². The zero-order valence-electron chi connectivity index (χ0n) is 20.8. The fourth-order valence-corrected chi connectivity index (χ4v) is 5.02. The molecule has 3 aromatic rings. The molecule has 2 aliphatic heterocycles. The lowest BCUT2D eigenvalue weighted by Crippen LogP contribution is -2.35. The van der Waals surface area contributed by atoms with Crippen molar-refractivity contribution < 1.29 is 13.9 Å². The number of rotatable bonds is 7. The van der Waals surface area contributed by atoms with Gasteiger partial charge in [-0.25, -0.2) is 14.4 Å². The van der Waals surface area contributed by atoms with Crippen LogP contribution >= 0.6 is 11.6 Å². The molecule has 2 fully saturated rings. The van der Waals surface area contributed by atoms with Gasteiger partial charge in [0.15, 0.2) is 0 Å². The summed E-state index contributed by atoms with van der Waals surface area (Å²) >= 11 is 6.00. The SMILES string of the molecule is CN1CCC(COc2cc(OC3CCN(C)CC3)c3c(Nc4ccc(F)c(Cl)c4)ncnc3c2)CC1. The van der Waals surface area contributed by atoms with Gasteiger partial charge in [0.25, 0.3) is 0 Å². The first-order valence-corrected chi connectivity index (χ1v) is 13.0. The summed E-state index contributed by atoms with van der Waals surface area (Å²) in [5.74, 6) is 2.09. The maximum absolute atomic E-state index is 13.7. The van der Waals surface area contributed by atoms with Crippen LogP contribution in [0.15, 0.2) is 36.7 Å². The van der Waals surface area contributed by atoms with Crippen LogP contribution in [0.25, 0.3) is 10.9 Å². The monoisotopic (exact) mass is 513 g/mol. The van der Waals surface area contributed by atoms with Gasteiger partial charge in [-0.05, 0) is 77.0 Å². The van der Waals surface area contributed by atoms with E-state index < -0.39 is 5.82 Å². The molecule has 2 aliphatic rings. The smallest absolute Gasteiger partial charge is 0.145 e. The molecular weight excluding hydrogens is 481 g/mol. The number of fused-ring (bicyclic) bond motifs is 1. The van der Waals surface area contributed by atoms with E-state index in [0.717, 1.165) is 68.5 Å². The maximum Gasteiger partial charge on any atom is 0.145 e. The Morgan fingerprint density at radius 3 is 2.44 bits per heavy atom. The molecule has 2 aromatic carbocycles. The van der Waals surface area contributed by atoms with Gasteiger partial charge in [0.05, 0.1) is 22.5 Å². The topological polar surface area (TPSA) is 62.8 Å². The number of hydrogen-bond acceptors (Lipinski definition) is 7. The largest absolute Gasteiger partial charge is 0.493 e. The van der Waals surface area contributed by atoms with Crippen molar-refractivity contribution in [2.24, 2.45) is 5.92 Å². The van der Waals surface area contributed by atoms with E-state index in [2.05, 4.69) is 39.2 Å². The van der Waals surface area contributed by atoms with Crippen molar-refractivity contribution in [3.05, 3.63) is 47.5 Å². The zero-order chi connectivity index (χ0) is 25.1. The second-order valence-electron chi connectivity index (χ2n) is 9.97. The van der Waals surface area contributed by atoms with E-state index in [1.807, 2.05) is 12.1 Å². The number of nitrogens with one attached hydrogen (secondary N) is 1. The van der Waals surface area contributed by atoms with Crippen LogP contribution in [-0.4, -0.2) is 72.8 Å². The van der Waals surface area contributed by atoms with Crippen LogP contribution in [0.2, 0.25) is 5.02 Å². The van der Waals surface area contributed by atoms with Crippen LogP contribution in [0, 0.1) is 11.7 Å². The minimum Gasteiger partial charge on any atom is -0.493 e. The van der Waals surface area contributed by atoms with E-state index in [1.54, 1.807) is 12.1 Å². The number of benzene rings is 2. The van der Waals surface area contributed by atoms with Crippen LogP contribution < -0.4 is 14.8 Å². The molecule has 0 unspecified atom stereocenters. The molecule has 0 bridgehead atoms. The predicted molar refractivity (Wildman–Crippen MR) is 141 cm³/mol. The first kappa shape index (κ1) is 25.0. The molecule has 0 aliphatic carbocycles. The second kappa shape index (κ2) is 11.2. The molecule has 1 aromatic heterocycles. The van der Waals surface area contributed by atoms with Crippen molar-refractivity contribution in [1.82, 2.24) is 19.8 Å². The molecule has 9 heteroatoms. The number of ether oxygens (including phenoxy) is 2. The Morgan fingerprint density at radius 1 is 1.00 bits per heavy atom. The van der Waals surface area contributed by atoms with Crippen LogP contribution in [0.3, 0.4) is 0 Å². The Labute approximate surface area is 216 Å². The van der Waals surface area contributed by atoms with Gasteiger partial charge in [-0.15, -0.1) is 0 Å². The number of halogens is 2. The van der Waals surface area contributed by atoms with E-state index in [0.29, 0.717) is 29.8 Å². The van der Waals surface area contributed by atoms with Crippen molar-refractivity contribution in [1.29, 1.82) is 0 Å². The van der Waals surface area contributed by atoms with Crippen LogP contribution in [0.1, 0.15) is 25.7 Å².